The van der Waals surface area contributed by atoms with Crippen LogP contribution < -0.4 is 0 Å². The van der Waals surface area contributed by atoms with E-state index >= 15 is 0 Å². The van der Waals surface area contributed by atoms with Crippen molar-refractivity contribution < 1.29 is 18.6 Å². The van der Waals surface area contributed by atoms with Gasteiger partial charge in [0.2, 0.25) is 0 Å². The SMILES string of the molecule is COC1(C(O)c2cccc(F)c2F)CCCCC1. The van der Waals surface area contributed by atoms with Gasteiger partial charge in [0.05, 0.1) is 5.60 Å². The maximum Gasteiger partial charge on any atom is 0.164 e. The first kappa shape index (κ1) is 13.4. The van der Waals surface area contributed by atoms with Gasteiger partial charge in [-0.2, -0.15) is 0 Å². The fraction of sp³-hybridized carbons (Fsp3) is 0.571. The molecule has 1 aromatic rings. The summed E-state index contributed by atoms with van der Waals surface area (Å²) < 4.78 is 32.4. The van der Waals surface area contributed by atoms with Crippen LogP contribution in [0.3, 0.4) is 0 Å². The summed E-state index contributed by atoms with van der Waals surface area (Å²) in [7, 11) is 1.52. The standard InChI is InChI=1S/C14H18F2O2/c1-18-14(8-3-2-4-9-14)13(17)10-6-5-7-11(15)12(10)16/h5-7,13,17H,2-4,8-9H2,1H3. The van der Waals surface area contributed by atoms with Gasteiger partial charge in [-0.25, -0.2) is 8.78 Å². The fourth-order valence-corrected chi connectivity index (χ4v) is 2.75. The molecule has 0 aromatic heterocycles. The van der Waals surface area contributed by atoms with Crippen LogP contribution in [0.5, 0.6) is 0 Å². The van der Waals surface area contributed by atoms with Crippen molar-refractivity contribution in [3.63, 3.8) is 0 Å². The van der Waals surface area contributed by atoms with Crippen LogP contribution in [0, 0.1) is 11.6 Å². The molecule has 1 atom stereocenters. The Bertz CT molecular complexity index is 414. The molecule has 0 saturated heterocycles. The van der Waals surface area contributed by atoms with Crippen LogP contribution in [0.2, 0.25) is 0 Å². The zero-order valence-electron chi connectivity index (χ0n) is 10.5. The molecule has 4 heteroatoms. The molecule has 0 spiro atoms. The molecule has 1 fully saturated rings. The number of halogens is 2. The third-order valence-electron chi connectivity index (χ3n) is 3.88. The van der Waals surface area contributed by atoms with Gasteiger partial charge in [-0.3, -0.25) is 0 Å². The van der Waals surface area contributed by atoms with E-state index in [9.17, 15) is 13.9 Å². The zero-order chi connectivity index (χ0) is 13.2. The Morgan fingerprint density at radius 1 is 1.22 bits per heavy atom. The molecule has 0 bridgehead atoms. The van der Waals surface area contributed by atoms with Crippen molar-refractivity contribution in [3.05, 3.63) is 35.4 Å². The molecule has 0 amide bonds. The highest BCUT2D eigenvalue weighted by Gasteiger charge is 2.41. The summed E-state index contributed by atoms with van der Waals surface area (Å²) in [5, 5.41) is 10.4. The first-order chi connectivity index (χ1) is 8.60. The summed E-state index contributed by atoms with van der Waals surface area (Å²) in [6, 6.07) is 3.87. The van der Waals surface area contributed by atoms with E-state index < -0.39 is 23.3 Å². The average molecular weight is 256 g/mol. The van der Waals surface area contributed by atoms with Crippen LogP contribution in [0.4, 0.5) is 8.78 Å². The molecule has 1 aliphatic carbocycles. The van der Waals surface area contributed by atoms with E-state index in [0.717, 1.165) is 25.3 Å². The third kappa shape index (κ3) is 2.27. The number of aliphatic hydroxyl groups excluding tert-OH is 1. The number of methoxy groups -OCH3 is 1. The van der Waals surface area contributed by atoms with E-state index in [0.29, 0.717) is 12.8 Å². The summed E-state index contributed by atoms with van der Waals surface area (Å²) in [6.45, 7) is 0. The number of aliphatic hydroxyl groups is 1. The lowest BCUT2D eigenvalue weighted by molar-refractivity contribution is -0.126. The minimum Gasteiger partial charge on any atom is -0.385 e. The highest BCUT2D eigenvalue weighted by molar-refractivity contribution is 5.24. The second-order valence-corrected chi connectivity index (χ2v) is 4.88. The van der Waals surface area contributed by atoms with Crippen molar-refractivity contribution in [2.24, 2.45) is 0 Å². The van der Waals surface area contributed by atoms with E-state index in [1.165, 1.54) is 19.2 Å². The highest BCUT2D eigenvalue weighted by atomic mass is 19.2. The Morgan fingerprint density at radius 2 is 1.89 bits per heavy atom. The normalized spacial score (nSPS) is 20.7. The van der Waals surface area contributed by atoms with Crippen LogP contribution in [0.1, 0.15) is 43.8 Å². The van der Waals surface area contributed by atoms with Gasteiger partial charge in [0.15, 0.2) is 11.6 Å². The van der Waals surface area contributed by atoms with Crippen LogP contribution in [0.25, 0.3) is 0 Å². The second-order valence-electron chi connectivity index (χ2n) is 4.88. The predicted octanol–water partition coefficient (Wildman–Crippen LogP) is 3.35. The quantitative estimate of drug-likeness (QED) is 0.898. The molecule has 100 valence electrons. The van der Waals surface area contributed by atoms with Crippen molar-refractivity contribution in [1.82, 2.24) is 0 Å². The molecule has 1 unspecified atom stereocenters. The maximum absolute atomic E-state index is 13.7. The summed E-state index contributed by atoms with van der Waals surface area (Å²) in [6.07, 6.45) is 3.16. The van der Waals surface area contributed by atoms with Gasteiger partial charge >= 0.3 is 0 Å². The molecule has 0 aliphatic heterocycles. The van der Waals surface area contributed by atoms with E-state index in [2.05, 4.69) is 0 Å². The molecule has 1 aromatic carbocycles. The number of ether oxygens (including phenoxy) is 1. The summed E-state index contributed by atoms with van der Waals surface area (Å²) in [5.74, 6) is -1.92. The maximum atomic E-state index is 13.7. The smallest absolute Gasteiger partial charge is 0.164 e. The lowest BCUT2D eigenvalue weighted by Gasteiger charge is -2.40. The van der Waals surface area contributed by atoms with E-state index in [4.69, 9.17) is 4.74 Å². The average Bonchev–Trinajstić information content (AvgIpc) is 2.42. The van der Waals surface area contributed by atoms with Crippen molar-refractivity contribution in [2.45, 2.75) is 43.8 Å². The monoisotopic (exact) mass is 256 g/mol. The molecule has 0 radical (unpaired) electrons. The zero-order valence-corrected chi connectivity index (χ0v) is 10.5. The molecule has 18 heavy (non-hydrogen) atoms. The van der Waals surface area contributed by atoms with E-state index in [1.54, 1.807) is 0 Å². The lowest BCUT2D eigenvalue weighted by atomic mass is 9.78. The van der Waals surface area contributed by atoms with Gasteiger partial charge in [0.25, 0.3) is 0 Å². The number of hydrogen-bond donors (Lipinski definition) is 1. The van der Waals surface area contributed by atoms with Gasteiger partial charge in [0, 0.05) is 12.7 Å². The Kier molecular flexibility index (Phi) is 3.97. The molecule has 1 N–H and O–H groups in total. The third-order valence-corrected chi connectivity index (χ3v) is 3.88. The molecular weight excluding hydrogens is 238 g/mol. The van der Waals surface area contributed by atoms with Gasteiger partial charge in [-0.05, 0) is 18.9 Å². The minimum absolute atomic E-state index is 0.0150. The molecule has 1 saturated carbocycles. The summed E-state index contributed by atoms with van der Waals surface area (Å²) in [4.78, 5) is 0. The van der Waals surface area contributed by atoms with Gasteiger partial charge in [-0.15, -0.1) is 0 Å². The topological polar surface area (TPSA) is 29.5 Å². The molecule has 2 rings (SSSR count). The van der Waals surface area contributed by atoms with Crippen LogP contribution in [0.15, 0.2) is 18.2 Å². The predicted molar refractivity (Wildman–Crippen MR) is 64.1 cm³/mol. The Hall–Kier alpha value is -1.00. The molecule has 2 nitrogen and oxygen atoms in total. The minimum atomic E-state index is -1.13. The molecular formula is C14H18F2O2. The summed E-state index contributed by atoms with van der Waals surface area (Å²) >= 11 is 0. The van der Waals surface area contributed by atoms with Gasteiger partial charge in [-0.1, -0.05) is 31.4 Å². The molecule has 1 aliphatic rings. The van der Waals surface area contributed by atoms with Crippen molar-refractivity contribution in [3.8, 4) is 0 Å². The lowest BCUT2D eigenvalue weighted by Crippen LogP contribution is -2.41. The fourth-order valence-electron chi connectivity index (χ4n) is 2.75. The van der Waals surface area contributed by atoms with E-state index in [1.807, 2.05) is 0 Å². The largest absolute Gasteiger partial charge is 0.385 e. The highest BCUT2D eigenvalue weighted by Crippen LogP contribution is 2.41. The number of hydrogen-bond acceptors (Lipinski definition) is 2. The van der Waals surface area contributed by atoms with Crippen molar-refractivity contribution in [2.75, 3.05) is 7.11 Å². The van der Waals surface area contributed by atoms with Gasteiger partial charge < -0.3 is 9.84 Å². The van der Waals surface area contributed by atoms with Crippen molar-refractivity contribution >= 4 is 0 Å². The van der Waals surface area contributed by atoms with Crippen LogP contribution >= 0.6 is 0 Å². The second kappa shape index (κ2) is 5.33. The van der Waals surface area contributed by atoms with Crippen LogP contribution in [-0.2, 0) is 4.74 Å². The van der Waals surface area contributed by atoms with Gasteiger partial charge in [0.1, 0.15) is 6.10 Å². The summed E-state index contributed by atoms with van der Waals surface area (Å²) in [5.41, 5.74) is -0.800. The number of benzene rings is 1. The number of rotatable bonds is 3. The molecule has 0 heterocycles. The first-order valence-corrected chi connectivity index (χ1v) is 6.28. The van der Waals surface area contributed by atoms with E-state index in [-0.39, 0.29) is 5.56 Å². The Labute approximate surface area is 106 Å². The van der Waals surface area contributed by atoms with Crippen LogP contribution in [-0.4, -0.2) is 17.8 Å². The Morgan fingerprint density at radius 3 is 2.50 bits per heavy atom. The Balaban J connectivity index is 2.33. The first-order valence-electron chi connectivity index (χ1n) is 6.28. The van der Waals surface area contributed by atoms with Crippen molar-refractivity contribution in [1.29, 1.82) is 0 Å².